The van der Waals surface area contributed by atoms with Gasteiger partial charge in [-0.15, -0.1) is 11.8 Å². The van der Waals surface area contributed by atoms with Crippen LogP contribution < -0.4 is 0 Å². The topological polar surface area (TPSA) is 0 Å². The van der Waals surface area contributed by atoms with Crippen LogP contribution in [0.2, 0.25) is 0 Å². The van der Waals surface area contributed by atoms with Gasteiger partial charge in [0.1, 0.15) is 0 Å². The largest absolute Gasteiger partial charge is 0.126 e. The second kappa shape index (κ2) is 6.11. The van der Waals surface area contributed by atoms with Crippen molar-refractivity contribution in [2.75, 3.05) is 5.75 Å². The van der Waals surface area contributed by atoms with Crippen molar-refractivity contribution < 1.29 is 0 Å². The highest BCUT2D eigenvalue weighted by Gasteiger charge is 2.13. The number of aryl methyl sites for hydroxylation is 1. The van der Waals surface area contributed by atoms with E-state index in [1.807, 2.05) is 11.8 Å². The van der Waals surface area contributed by atoms with Gasteiger partial charge in [0.2, 0.25) is 0 Å². The quantitative estimate of drug-likeness (QED) is 0.671. The zero-order valence-electron chi connectivity index (χ0n) is 9.84. The zero-order chi connectivity index (χ0) is 11.4. The maximum atomic E-state index is 3.57. The molecule has 0 N–H and O–H groups in total. The van der Waals surface area contributed by atoms with Crippen molar-refractivity contribution in [3.05, 3.63) is 28.2 Å². The van der Waals surface area contributed by atoms with Gasteiger partial charge in [0.25, 0.3) is 0 Å². The molecule has 0 bridgehead atoms. The van der Waals surface area contributed by atoms with Crippen LogP contribution in [0.25, 0.3) is 0 Å². The molecule has 0 unspecified atom stereocenters. The highest BCUT2D eigenvalue weighted by Crippen LogP contribution is 2.31. The van der Waals surface area contributed by atoms with Crippen LogP contribution in [-0.2, 0) is 0 Å². The first-order chi connectivity index (χ1) is 7.74. The number of rotatable bonds is 3. The summed E-state index contributed by atoms with van der Waals surface area (Å²) in [5, 5.41) is 0. The lowest BCUT2D eigenvalue weighted by molar-refractivity contribution is 0.391. The van der Waals surface area contributed by atoms with Crippen molar-refractivity contribution >= 4 is 27.7 Å². The summed E-state index contributed by atoms with van der Waals surface area (Å²) in [6.07, 6.45) is 7.24. The summed E-state index contributed by atoms with van der Waals surface area (Å²) in [6, 6.07) is 6.70. The molecule has 1 aromatic carbocycles. The maximum Gasteiger partial charge on any atom is 0.0189 e. The molecule has 0 nitrogen and oxygen atoms in total. The van der Waals surface area contributed by atoms with E-state index in [9.17, 15) is 0 Å². The zero-order valence-corrected chi connectivity index (χ0v) is 12.2. The van der Waals surface area contributed by atoms with Crippen molar-refractivity contribution in [2.45, 2.75) is 43.9 Å². The lowest BCUT2D eigenvalue weighted by Gasteiger charge is -2.21. The molecule has 1 aliphatic carbocycles. The SMILES string of the molecule is Cc1cc(Br)cc(SCC2CCCCC2)c1. The van der Waals surface area contributed by atoms with Gasteiger partial charge in [0.05, 0.1) is 0 Å². The van der Waals surface area contributed by atoms with E-state index in [1.165, 1.54) is 52.8 Å². The smallest absolute Gasteiger partial charge is 0.0189 e. The highest BCUT2D eigenvalue weighted by atomic mass is 79.9. The average Bonchev–Trinajstić information content (AvgIpc) is 2.27. The van der Waals surface area contributed by atoms with Crippen LogP contribution in [-0.4, -0.2) is 5.75 Å². The molecule has 2 rings (SSSR count). The van der Waals surface area contributed by atoms with Crippen molar-refractivity contribution in [1.82, 2.24) is 0 Å². The molecule has 0 heterocycles. The number of hydrogen-bond donors (Lipinski definition) is 0. The number of thioether (sulfide) groups is 1. The Morgan fingerprint density at radius 1 is 1.19 bits per heavy atom. The van der Waals surface area contributed by atoms with Crippen molar-refractivity contribution in [3.8, 4) is 0 Å². The van der Waals surface area contributed by atoms with Gasteiger partial charge in [0.15, 0.2) is 0 Å². The molecule has 88 valence electrons. The second-order valence-corrected chi connectivity index (χ2v) is 6.79. The number of benzene rings is 1. The Hall–Kier alpha value is 0.0500. The summed E-state index contributed by atoms with van der Waals surface area (Å²) >= 11 is 5.59. The van der Waals surface area contributed by atoms with Crippen LogP contribution in [0, 0.1) is 12.8 Å². The molecule has 0 atom stereocenters. The van der Waals surface area contributed by atoms with Crippen molar-refractivity contribution in [3.63, 3.8) is 0 Å². The second-order valence-electron chi connectivity index (χ2n) is 4.78. The van der Waals surface area contributed by atoms with Crippen molar-refractivity contribution in [2.24, 2.45) is 5.92 Å². The Labute approximate surface area is 111 Å². The minimum Gasteiger partial charge on any atom is -0.126 e. The molecule has 0 spiro atoms. The Kier molecular flexibility index (Phi) is 4.78. The van der Waals surface area contributed by atoms with Crippen LogP contribution >= 0.6 is 27.7 Å². The highest BCUT2D eigenvalue weighted by molar-refractivity contribution is 9.10. The fourth-order valence-corrected chi connectivity index (χ4v) is 4.35. The third-order valence-corrected chi connectivity index (χ3v) is 4.89. The maximum absolute atomic E-state index is 3.57. The average molecular weight is 299 g/mol. The number of hydrogen-bond acceptors (Lipinski definition) is 1. The van der Waals surface area contributed by atoms with Crippen LogP contribution in [0.5, 0.6) is 0 Å². The Bertz CT molecular complexity index is 322. The molecule has 0 radical (unpaired) electrons. The molecule has 2 heteroatoms. The van der Waals surface area contributed by atoms with E-state index < -0.39 is 0 Å². The third kappa shape index (κ3) is 3.81. The summed E-state index contributed by atoms with van der Waals surface area (Å²) in [7, 11) is 0. The molecule has 1 aliphatic rings. The lowest BCUT2D eigenvalue weighted by atomic mass is 9.91. The van der Waals surface area contributed by atoms with E-state index in [-0.39, 0.29) is 0 Å². The van der Waals surface area contributed by atoms with Crippen LogP contribution in [0.15, 0.2) is 27.6 Å². The molecular formula is C14H19BrS. The first kappa shape index (κ1) is 12.5. The first-order valence-electron chi connectivity index (χ1n) is 6.14. The molecule has 0 aliphatic heterocycles. The first-order valence-corrected chi connectivity index (χ1v) is 7.92. The Morgan fingerprint density at radius 2 is 1.94 bits per heavy atom. The van der Waals surface area contributed by atoms with E-state index in [2.05, 4.69) is 41.1 Å². The van der Waals surface area contributed by atoms with Crippen LogP contribution in [0.1, 0.15) is 37.7 Å². The molecule has 16 heavy (non-hydrogen) atoms. The van der Waals surface area contributed by atoms with Gasteiger partial charge in [-0.05, 0) is 49.4 Å². The molecule has 1 fully saturated rings. The Balaban J connectivity index is 1.88. The van der Waals surface area contributed by atoms with Crippen molar-refractivity contribution in [1.29, 1.82) is 0 Å². The van der Waals surface area contributed by atoms with Gasteiger partial charge in [-0.3, -0.25) is 0 Å². The fourth-order valence-electron chi connectivity index (χ4n) is 2.35. The summed E-state index contributed by atoms with van der Waals surface area (Å²) in [4.78, 5) is 1.41. The summed E-state index contributed by atoms with van der Waals surface area (Å²) in [5.74, 6) is 2.26. The Morgan fingerprint density at radius 3 is 2.62 bits per heavy atom. The van der Waals surface area contributed by atoms with Gasteiger partial charge in [-0.1, -0.05) is 35.2 Å². The van der Waals surface area contributed by atoms with Gasteiger partial charge < -0.3 is 0 Å². The van der Waals surface area contributed by atoms with Crippen LogP contribution in [0.4, 0.5) is 0 Å². The van der Waals surface area contributed by atoms with E-state index in [0.29, 0.717) is 0 Å². The van der Waals surface area contributed by atoms with Gasteiger partial charge in [-0.2, -0.15) is 0 Å². The predicted molar refractivity (Wildman–Crippen MR) is 76.2 cm³/mol. The van der Waals surface area contributed by atoms with E-state index >= 15 is 0 Å². The van der Waals surface area contributed by atoms with Gasteiger partial charge in [0, 0.05) is 15.1 Å². The van der Waals surface area contributed by atoms with Gasteiger partial charge >= 0.3 is 0 Å². The normalized spacial score (nSPS) is 17.6. The summed E-state index contributed by atoms with van der Waals surface area (Å²) in [5.41, 5.74) is 1.35. The van der Waals surface area contributed by atoms with E-state index in [1.54, 1.807) is 0 Å². The monoisotopic (exact) mass is 298 g/mol. The predicted octanol–water partition coefficient (Wildman–Crippen LogP) is 5.43. The molecule has 0 aromatic heterocycles. The minimum atomic E-state index is 0.957. The fraction of sp³-hybridized carbons (Fsp3) is 0.571. The molecular weight excluding hydrogens is 280 g/mol. The molecule has 0 saturated heterocycles. The molecule has 0 amide bonds. The standard InChI is InChI=1S/C14H19BrS/c1-11-7-13(15)9-14(8-11)16-10-12-5-3-2-4-6-12/h7-9,12H,2-6,10H2,1H3. The molecule has 1 saturated carbocycles. The van der Waals surface area contributed by atoms with Gasteiger partial charge in [-0.25, -0.2) is 0 Å². The molecule has 1 aromatic rings. The minimum absolute atomic E-state index is 0.957. The van der Waals surface area contributed by atoms with E-state index in [4.69, 9.17) is 0 Å². The lowest BCUT2D eigenvalue weighted by Crippen LogP contribution is -2.08. The number of halogens is 1. The summed E-state index contributed by atoms with van der Waals surface area (Å²) < 4.78 is 1.21. The van der Waals surface area contributed by atoms with E-state index in [0.717, 1.165) is 5.92 Å². The summed E-state index contributed by atoms with van der Waals surface area (Å²) in [6.45, 7) is 2.16. The third-order valence-electron chi connectivity index (χ3n) is 3.23. The van der Waals surface area contributed by atoms with Crippen LogP contribution in [0.3, 0.4) is 0 Å².